The van der Waals surface area contributed by atoms with E-state index in [9.17, 15) is 14.3 Å². The second-order valence-corrected chi connectivity index (χ2v) is 4.74. The van der Waals surface area contributed by atoms with Gasteiger partial charge in [0, 0.05) is 16.3 Å². The molecule has 0 bridgehead atoms. The van der Waals surface area contributed by atoms with Gasteiger partial charge in [-0.2, -0.15) is 0 Å². The van der Waals surface area contributed by atoms with E-state index in [0.29, 0.717) is 17.4 Å². The number of aryl methyl sites for hydroxylation is 1. The number of aromatic carboxylic acids is 1. The monoisotopic (exact) mass is 272 g/mol. The van der Waals surface area contributed by atoms with E-state index in [1.165, 1.54) is 18.3 Å². The van der Waals surface area contributed by atoms with Crippen molar-refractivity contribution in [1.29, 1.82) is 0 Å². The van der Waals surface area contributed by atoms with Gasteiger partial charge in [0.15, 0.2) is 5.69 Å². The van der Waals surface area contributed by atoms with Crippen LogP contribution < -0.4 is 0 Å². The summed E-state index contributed by atoms with van der Waals surface area (Å²) in [5, 5.41) is 10.7. The van der Waals surface area contributed by atoms with Crippen molar-refractivity contribution in [2.75, 3.05) is 0 Å². The number of pyridine rings is 1. The van der Waals surface area contributed by atoms with Gasteiger partial charge in [-0.25, -0.2) is 14.2 Å². The van der Waals surface area contributed by atoms with Crippen LogP contribution in [0.5, 0.6) is 0 Å². The van der Waals surface area contributed by atoms with E-state index in [1.807, 2.05) is 6.92 Å². The molecule has 3 rings (SSSR count). The number of aromatic nitrogens is 2. The number of benzene rings is 1. The molecule has 0 saturated heterocycles. The summed E-state index contributed by atoms with van der Waals surface area (Å²) >= 11 is 0. The molecule has 2 aromatic heterocycles. The minimum Gasteiger partial charge on any atom is -0.477 e. The summed E-state index contributed by atoms with van der Waals surface area (Å²) in [7, 11) is 0. The Morgan fingerprint density at radius 2 is 2.20 bits per heavy atom. The first-order valence-electron chi connectivity index (χ1n) is 6.44. The number of fused-ring (bicyclic) bond motifs is 3. The van der Waals surface area contributed by atoms with Crippen molar-refractivity contribution < 1.29 is 14.3 Å². The van der Waals surface area contributed by atoms with Crippen LogP contribution in [0.15, 0.2) is 24.4 Å². The fraction of sp³-hybridized carbons (Fsp3) is 0.200. The Morgan fingerprint density at radius 3 is 2.90 bits per heavy atom. The Morgan fingerprint density at radius 1 is 1.40 bits per heavy atom. The molecule has 1 aromatic carbocycles. The Bertz CT molecular complexity index is 823. The van der Waals surface area contributed by atoms with Gasteiger partial charge in [-0.1, -0.05) is 13.3 Å². The maximum absolute atomic E-state index is 13.5. The molecule has 102 valence electrons. The van der Waals surface area contributed by atoms with Crippen molar-refractivity contribution in [3.63, 3.8) is 0 Å². The van der Waals surface area contributed by atoms with Crippen molar-refractivity contribution in [3.8, 4) is 0 Å². The van der Waals surface area contributed by atoms with Crippen LogP contribution in [0.25, 0.3) is 21.8 Å². The number of carboxylic acid groups (broad SMARTS) is 1. The molecule has 0 fully saturated rings. The van der Waals surface area contributed by atoms with Gasteiger partial charge in [-0.3, -0.25) is 0 Å². The van der Waals surface area contributed by atoms with Crippen LogP contribution in [0.4, 0.5) is 4.39 Å². The van der Waals surface area contributed by atoms with Gasteiger partial charge < -0.3 is 10.1 Å². The van der Waals surface area contributed by atoms with Crippen LogP contribution in [-0.4, -0.2) is 21.0 Å². The van der Waals surface area contributed by atoms with Gasteiger partial charge >= 0.3 is 5.97 Å². The fourth-order valence-electron chi connectivity index (χ4n) is 2.61. The van der Waals surface area contributed by atoms with E-state index in [0.717, 1.165) is 22.8 Å². The number of hydrogen-bond acceptors (Lipinski definition) is 2. The van der Waals surface area contributed by atoms with E-state index >= 15 is 0 Å². The minimum absolute atomic E-state index is 0.0458. The molecule has 0 aliphatic rings. The molecular weight excluding hydrogens is 259 g/mol. The van der Waals surface area contributed by atoms with Gasteiger partial charge in [-0.15, -0.1) is 0 Å². The summed E-state index contributed by atoms with van der Waals surface area (Å²) < 4.78 is 13.5. The summed E-state index contributed by atoms with van der Waals surface area (Å²) in [6.45, 7) is 1.97. The van der Waals surface area contributed by atoms with Crippen molar-refractivity contribution >= 4 is 27.8 Å². The Balaban J connectivity index is 2.46. The lowest BCUT2D eigenvalue weighted by Gasteiger charge is -2.06. The topological polar surface area (TPSA) is 66.0 Å². The minimum atomic E-state index is -1.05. The molecule has 20 heavy (non-hydrogen) atoms. The number of carbonyl (C=O) groups is 1. The van der Waals surface area contributed by atoms with E-state index < -0.39 is 5.97 Å². The lowest BCUT2D eigenvalue weighted by molar-refractivity contribution is 0.0689. The van der Waals surface area contributed by atoms with E-state index in [-0.39, 0.29) is 11.5 Å². The maximum Gasteiger partial charge on any atom is 0.354 e. The summed E-state index contributed by atoms with van der Waals surface area (Å²) in [5.41, 5.74) is 2.22. The molecule has 0 aliphatic heterocycles. The smallest absolute Gasteiger partial charge is 0.354 e. The molecule has 3 aromatic rings. The first-order valence-corrected chi connectivity index (χ1v) is 6.44. The zero-order valence-electron chi connectivity index (χ0n) is 10.9. The van der Waals surface area contributed by atoms with Gasteiger partial charge in [0.1, 0.15) is 5.82 Å². The fourth-order valence-corrected chi connectivity index (χ4v) is 2.61. The van der Waals surface area contributed by atoms with Crippen LogP contribution in [0.1, 0.15) is 29.4 Å². The Hall–Kier alpha value is -2.43. The number of aromatic amines is 1. The van der Waals surface area contributed by atoms with Crippen molar-refractivity contribution in [2.24, 2.45) is 0 Å². The molecule has 0 spiro atoms. The average Bonchev–Trinajstić information content (AvgIpc) is 2.77. The summed E-state index contributed by atoms with van der Waals surface area (Å²) in [5.74, 6) is -1.39. The summed E-state index contributed by atoms with van der Waals surface area (Å²) in [6.07, 6.45) is 2.88. The van der Waals surface area contributed by atoms with Gasteiger partial charge in [-0.05, 0) is 30.2 Å². The van der Waals surface area contributed by atoms with Crippen LogP contribution in [0.2, 0.25) is 0 Å². The molecule has 0 amide bonds. The third-order valence-electron chi connectivity index (χ3n) is 3.40. The second-order valence-electron chi connectivity index (χ2n) is 4.74. The van der Waals surface area contributed by atoms with E-state index in [4.69, 9.17) is 0 Å². The van der Waals surface area contributed by atoms with Crippen LogP contribution >= 0.6 is 0 Å². The number of carboxylic acids is 1. The predicted octanol–water partition coefficient (Wildman–Crippen LogP) is 3.51. The SMILES string of the molecule is CCCc1c(C(=O)O)ncc2[nH]c3ccc(F)cc3c12. The molecule has 2 N–H and O–H groups in total. The number of rotatable bonds is 3. The number of hydrogen-bond donors (Lipinski definition) is 2. The summed E-state index contributed by atoms with van der Waals surface area (Å²) in [6, 6.07) is 4.46. The highest BCUT2D eigenvalue weighted by molar-refractivity contribution is 6.10. The first-order chi connectivity index (χ1) is 9.61. The van der Waals surface area contributed by atoms with Gasteiger partial charge in [0.2, 0.25) is 0 Å². The third-order valence-corrected chi connectivity index (χ3v) is 3.40. The lowest BCUT2D eigenvalue weighted by atomic mass is 10.0. The average molecular weight is 272 g/mol. The summed E-state index contributed by atoms with van der Waals surface area (Å²) in [4.78, 5) is 18.5. The second kappa shape index (κ2) is 4.59. The van der Waals surface area contributed by atoms with Gasteiger partial charge in [0.05, 0.1) is 11.7 Å². The lowest BCUT2D eigenvalue weighted by Crippen LogP contribution is -2.06. The van der Waals surface area contributed by atoms with Gasteiger partial charge in [0.25, 0.3) is 0 Å². The largest absolute Gasteiger partial charge is 0.477 e. The third kappa shape index (κ3) is 1.82. The van der Waals surface area contributed by atoms with Crippen molar-refractivity contribution in [2.45, 2.75) is 19.8 Å². The van der Waals surface area contributed by atoms with Crippen LogP contribution in [0, 0.1) is 5.82 Å². The van der Waals surface area contributed by atoms with E-state index in [1.54, 1.807) is 6.07 Å². The molecule has 4 nitrogen and oxygen atoms in total. The van der Waals surface area contributed by atoms with Crippen LogP contribution in [-0.2, 0) is 6.42 Å². The molecule has 0 saturated carbocycles. The number of nitrogens with one attached hydrogen (secondary N) is 1. The molecule has 5 heteroatoms. The molecule has 0 radical (unpaired) electrons. The zero-order chi connectivity index (χ0) is 14.3. The maximum atomic E-state index is 13.5. The van der Waals surface area contributed by atoms with Crippen LogP contribution in [0.3, 0.4) is 0 Å². The highest BCUT2D eigenvalue weighted by Gasteiger charge is 2.18. The molecule has 0 unspecified atom stereocenters. The molecule has 0 aliphatic carbocycles. The highest BCUT2D eigenvalue weighted by Crippen LogP contribution is 2.30. The zero-order valence-corrected chi connectivity index (χ0v) is 10.9. The predicted molar refractivity (Wildman–Crippen MR) is 74.5 cm³/mol. The standard InChI is InChI=1S/C15H13FN2O2/c1-2-3-9-13-10-6-8(16)4-5-11(10)18-12(13)7-17-14(9)15(19)20/h4-7,18H,2-3H2,1H3,(H,19,20). The van der Waals surface area contributed by atoms with Crippen molar-refractivity contribution in [3.05, 3.63) is 41.5 Å². The Labute approximate surface area is 114 Å². The van der Waals surface area contributed by atoms with Crippen molar-refractivity contribution in [1.82, 2.24) is 9.97 Å². The molecule has 0 atom stereocenters. The molecular formula is C15H13FN2O2. The van der Waals surface area contributed by atoms with E-state index in [2.05, 4.69) is 9.97 Å². The molecule has 2 heterocycles. The normalized spacial score (nSPS) is 11.3. The Kier molecular flexibility index (Phi) is 2.89. The number of nitrogens with zero attached hydrogens (tertiary/aromatic N) is 1. The first kappa shape index (κ1) is 12.6. The number of halogens is 1. The number of H-pyrrole nitrogens is 1. The highest BCUT2D eigenvalue weighted by atomic mass is 19.1. The quantitative estimate of drug-likeness (QED) is 0.766.